The van der Waals surface area contributed by atoms with Crippen molar-refractivity contribution < 1.29 is 9.59 Å². The molecule has 4 rings (SSSR count). The van der Waals surface area contributed by atoms with E-state index in [0.29, 0.717) is 12.5 Å². The third kappa shape index (κ3) is 5.58. The molecule has 0 radical (unpaired) electrons. The first kappa shape index (κ1) is 25.4. The number of nitrogens with zero attached hydrogens (tertiary/aromatic N) is 3. The van der Waals surface area contributed by atoms with Gasteiger partial charge in [-0.15, -0.1) is 0 Å². The lowest BCUT2D eigenvalue weighted by Gasteiger charge is -2.34. The number of rotatable bonds is 4. The molecule has 8 heteroatoms. The second kappa shape index (κ2) is 10.5. The molecule has 3 atom stereocenters. The number of hydrogen-bond donors (Lipinski definition) is 2. The van der Waals surface area contributed by atoms with Gasteiger partial charge in [0.15, 0.2) is 0 Å². The molecule has 190 valence electrons. The van der Waals surface area contributed by atoms with Crippen molar-refractivity contribution in [3.05, 3.63) is 39.9 Å². The fourth-order valence-corrected chi connectivity index (χ4v) is 5.92. The normalized spacial score (nSPS) is 27.1. The van der Waals surface area contributed by atoms with Crippen LogP contribution in [0.3, 0.4) is 0 Å². The Morgan fingerprint density at radius 2 is 1.80 bits per heavy atom. The van der Waals surface area contributed by atoms with E-state index in [0.717, 1.165) is 60.7 Å². The van der Waals surface area contributed by atoms with Crippen molar-refractivity contribution in [3.63, 3.8) is 0 Å². The van der Waals surface area contributed by atoms with Crippen LogP contribution < -0.4 is 16.2 Å². The summed E-state index contributed by atoms with van der Waals surface area (Å²) in [6, 6.07) is 4.13. The van der Waals surface area contributed by atoms with Crippen LogP contribution in [0.2, 0.25) is 0 Å². The third-order valence-corrected chi connectivity index (χ3v) is 8.24. The van der Waals surface area contributed by atoms with Crippen LogP contribution in [0, 0.1) is 18.8 Å². The number of carbonyl (C=O) groups excluding carboxylic acids is 2. The number of aryl methyl sites for hydroxylation is 2. The lowest BCUT2D eigenvalue weighted by atomic mass is 9.71. The van der Waals surface area contributed by atoms with Crippen molar-refractivity contribution in [1.29, 1.82) is 0 Å². The highest BCUT2D eigenvalue weighted by molar-refractivity contribution is 5.95. The number of nitrogens with one attached hydrogen (secondary N) is 2. The monoisotopic (exact) mass is 481 g/mol. The van der Waals surface area contributed by atoms with Crippen molar-refractivity contribution >= 4 is 22.8 Å². The molecule has 2 fully saturated rings. The summed E-state index contributed by atoms with van der Waals surface area (Å²) in [4.78, 5) is 45.4. The van der Waals surface area contributed by atoms with Gasteiger partial charge in [0.25, 0.3) is 5.56 Å². The van der Waals surface area contributed by atoms with Crippen LogP contribution in [-0.2, 0) is 11.8 Å². The van der Waals surface area contributed by atoms with Gasteiger partial charge in [0.05, 0.1) is 5.52 Å². The highest BCUT2D eigenvalue weighted by atomic mass is 16.2. The largest absolute Gasteiger partial charge is 0.335 e. The van der Waals surface area contributed by atoms with Gasteiger partial charge in [0.2, 0.25) is 5.91 Å². The third-order valence-electron chi connectivity index (χ3n) is 8.24. The minimum Gasteiger partial charge on any atom is -0.335 e. The van der Waals surface area contributed by atoms with Crippen molar-refractivity contribution in [2.75, 3.05) is 14.1 Å². The highest BCUT2D eigenvalue weighted by Crippen LogP contribution is 2.40. The molecule has 0 saturated heterocycles. The molecule has 2 heterocycles. The predicted molar refractivity (Wildman–Crippen MR) is 137 cm³/mol. The van der Waals surface area contributed by atoms with Gasteiger partial charge in [0, 0.05) is 47.9 Å². The number of fused-ring (bicyclic) bond motifs is 1. The van der Waals surface area contributed by atoms with Crippen LogP contribution in [0.1, 0.15) is 69.0 Å². The average Bonchev–Trinajstić information content (AvgIpc) is 2.82. The molecule has 2 N–H and O–H groups in total. The standard InChI is InChI=1S/C27H39N5O3/c1-16-6-7-18(25(33)30-27(35)29-20-8-10-21(11-9-20)31(3)4)13-22(16)23-14-19-15-28-17(2)12-24(19)32(5)26(23)34/h12,14-16,18,20-22H,6-11,13H2,1-5H3,(H2,29,30,33,35). The number of urea groups is 1. The van der Waals surface area contributed by atoms with Crippen LogP contribution in [-0.4, -0.2) is 52.6 Å². The molecule has 8 nitrogen and oxygen atoms in total. The van der Waals surface area contributed by atoms with Crippen LogP contribution >= 0.6 is 0 Å². The molecule has 0 bridgehead atoms. The summed E-state index contributed by atoms with van der Waals surface area (Å²) in [6.45, 7) is 4.06. The molecular formula is C27H39N5O3. The maximum absolute atomic E-state index is 13.3. The van der Waals surface area contributed by atoms with Crippen LogP contribution in [0.25, 0.3) is 10.9 Å². The number of amides is 3. The molecular weight excluding hydrogens is 442 g/mol. The zero-order valence-corrected chi connectivity index (χ0v) is 21.6. The minimum absolute atomic E-state index is 0.0212. The Morgan fingerprint density at radius 3 is 2.49 bits per heavy atom. The molecule has 35 heavy (non-hydrogen) atoms. The maximum Gasteiger partial charge on any atom is 0.321 e. The molecule has 0 aromatic carbocycles. The molecule has 0 aliphatic heterocycles. The lowest BCUT2D eigenvalue weighted by Crippen LogP contribution is -2.49. The Kier molecular flexibility index (Phi) is 7.59. The van der Waals surface area contributed by atoms with E-state index in [1.807, 2.05) is 25.3 Å². The summed E-state index contributed by atoms with van der Waals surface area (Å²) in [5, 5.41) is 6.50. The van der Waals surface area contributed by atoms with Gasteiger partial charge in [-0.1, -0.05) is 6.92 Å². The molecule has 0 spiro atoms. The van der Waals surface area contributed by atoms with Gasteiger partial charge in [-0.3, -0.25) is 19.9 Å². The van der Waals surface area contributed by atoms with Gasteiger partial charge < -0.3 is 14.8 Å². The summed E-state index contributed by atoms with van der Waals surface area (Å²) < 4.78 is 1.69. The van der Waals surface area contributed by atoms with E-state index in [4.69, 9.17) is 0 Å². The molecule has 3 unspecified atom stereocenters. The van der Waals surface area contributed by atoms with Gasteiger partial charge in [0.1, 0.15) is 0 Å². The first-order chi connectivity index (χ1) is 16.6. The van der Waals surface area contributed by atoms with Crippen LogP contribution in [0.4, 0.5) is 4.79 Å². The lowest BCUT2D eigenvalue weighted by molar-refractivity contribution is -0.125. The Morgan fingerprint density at radius 1 is 1.09 bits per heavy atom. The zero-order valence-electron chi connectivity index (χ0n) is 21.6. The summed E-state index contributed by atoms with van der Waals surface area (Å²) in [7, 11) is 5.98. The minimum atomic E-state index is -0.401. The average molecular weight is 482 g/mol. The van der Waals surface area contributed by atoms with E-state index >= 15 is 0 Å². The molecule has 2 aromatic rings. The molecule has 2 aliphatic rings. The van der Waals surface area contributed by atoms with E-state index in [1.54, 1.807) is 11.6 Å². The number of pyridine rings is 2. The second-order valence-electron chi connectivity index (χ2n) is 10.9. The van der Waals surface area contributed by atoms with E-state index < -0.39 is 6.03 Å². The van der Waals surface area contributed by atoms with Crippen LogP contribution in [0.5, 0.6) is 0 Å². The van der Waals surface area contributed by atoms with Gasteiger partial charge in [-0.05, 0) is 89.9 Å². The summed E-state index contributed by atoms with van der Waals surface area (Å²) in [5.74, 6) is -0.282. The quantitative estimate of drug-likeness (QED) is 0.697. The Labute approximate surface area is 207 Å². The van der Waals surface area contributed by atoms with E-state index in [2.05, 4.69) is 41.5 Å². The highest BCUT2D eigenvalue weighted by Gasteiger charge is 2.35. The molecule has 3 amide bonds. The second-order valence-corrected chi connectivity index (χ2v) is 10.9. The zero-order chi connectivity index (χ0) is 25.3. The van der Waals surface area contributed by atoms with Gasteiger partial charge >= 0.3 is 6.03 Å². The van der Waals surface area contributed by atoms with E-state index in [9.17, 15) is 14.4 Å². The van der Waals surface area contributed by atoms with Crippen molar-refractivity contribution in [3.8, 4) is 0 Å². The Balaban J connectivity index is 1.41. The molecule has 2 aliphatic carbocycles. The van der Waals surface area contributed by atoms with Crippen molar-refractivity contribution in [1.82, 2.24) is 25.1 Å². The van der Waals surface area contributed by atoms with Crippen molar-refractivity contribution in [2.24, 2.45) is 18.9 Å². The SMILES string of the molecule is Cc1cc2c(cn1)cc(C1CC(C(=O)NC(=O)NC3CCC(N(C)C)CC3)CCC1C)c(=O)n2C. The fourth-order valence-electron chi connectivity index (χ4n) is 5.92. The van der Waals surface area contributed by atoms with E-state index in [-0.39, 0.29) is 35.3 Å². The fraction of sp³-hybridized carbons (Fsp3) is 0.630. The Hall–Kier alpha value is -2.74. The summed E-state index contributed by atoms with van der Waals surface area (Å²) in [5.41, 5.74) is 2.44. The first-order valence-corrected chi connectivity index (χ1v) is 12.9. The number of aromatic nitrogens is 2. The predicted octanol–water partition coefficient (Wildman–Crippen LogP) is 3.46. The smallest absolute Gasteiger partial charge is 0.321 e. The van der Waals surface area contributed by atoms with E-state index in [1.165, 1.54) is 0 Å². The number of hydrogen-bond acceptors (Lipinski definition) is 5. The molecule has 2 saturated carbocycles. The van der Waals surface area contributed by atoms with Crippen molar-refractivity contribution in [2.45, 2.75) is 76.8 Å². The number of carbonyl (C=O) groups is 2. The maximum atomic E-state index is 13.3. The van der Waals surface area contributed by atoms with Gasteiger partial charge in [-0.25, -0.2) is 4.79 Å². The topological polar surface area (TPSA) is 96.3 Å². The van der Waals surface area contributed by atoms with Gasteiger partial charge in [-0.2, -0.15) is 0 Å². The first-order valence-electron chi connectivity index (χ1n) is 12.9. The summed E-state index contributed by atoms with van der Waals surface area (Å²) >= 11 is 0. The summed E-state index contributed by atoms with van der Waals surface area (Å²) in [6.07, 6.45) is 7.87. The van der Waals surface area contributed by atoms with Crippen LogP contribution in [0.15, 0.2) is 23.1 Å². The molecule has 2 aromatic heterocycles. The Bertz CT molecular complexity index is 1150. The number of imide groups is 1.